The topological polar surface area (TPSA) is 48.9 Å². The van der Waals surface area contributed by atoms with Crippen molar-refractivity contribution >= 4 is 5.96 Å². The van der Waals surface area contributed by atoms with E-state index in [4.69, 9.17) is 4.74 Å². The van der Waals surface area contributed by atoms with E-state index >= 15 is 0 Å². The second-order valence-electron chi connectivity index (χ2n) is 6.34. The van der Waals surface area contributed by atoms with Crippen LogP contribution in [0.1, 0.15) is 32.3 Å². The quantitative estimate of drug-likeness (QED) is 0.280. The first-order valence-electron chi connectivity index (χ1n) is 9.04. The third kappa shape index (κ3) is 8.59. The van der Waals surface area contributed by atoms with E-state index in [-0.39, 0.29) is 0 Å². The van der Waals surface area contributed by atoms with Crippen molar-refractivity contribution in [2.45, 2.75) is 39.3 Å². The Morgan fingerprint density at radius 2 is 2.04 bits per heavy atom. The zero-order valence-electron chi connectivity index (χ0n) is 16.2. The molecule has 140 valence electrons. The molecule has 0 saturated carbocycles. The molecule has 0 aliphatic heterocycles. The van der Waals surface area contributed by atoms with Crippen molar-refractivity contribution in [3.63, 3.8) is 0 Å². The number of nitrogens with zero attached hydrogens (tertiary/aromatic N) is 2. The number of ether oxygens (including phenoxy) is 1. The summed E-state index contributed by atoms with van der Waals surface area (Å²) in [6, 6.07) is 8.62. The van der Waals surface area contributed by atoms with Gasteiger partial charge in [-0.1, -0.05) is 30.9 Å². The predicted octanol–water partition coefficient (Wildman–Crippen LogP) is 3.04. The largest absolute Gasteiger partial charge is 0.489 e. The van der Waals surface area contributed by atoms with E-state index < -0.39 is 0 Å². The lowest BCUT2D eigenvalue weighted by molar-refractivity contribution is 0.268. The van der Waals surface area contributed by atoms with E-state index in [1.165, 1.54) is 6.42 Å². The summed E-state index contributed by atoms with van der Waals surface area (Å²) < 4.78 is 5.68. The van der Waals surface area contributed by atoms with Crippen molar-refractivity contribution in [2.24, 2.45) is 4.99 Å². The smallest absolute Gasteiger partial charge is 0.191 e. The summed E-state index contributed by atoms with van der Waals surface area (Å²) in [7, 11) is 3.96. The van der Waals surface area contributed by atoms with Gasteiger partial charge in [-0.15, -0.1) is 0 Å². The minimum absolute atomic E-state index is 0.509. The minimum Gasteiger partial charge on any atom is -0.489 e. The Bertz CT molecular complexity index is 528. The van der Waals surface area contributed by atoms with Crippen LogP contribution in [0, 0.1) is 0 Å². The van der Waals surface area contributed by atoms with E-state index in [1.807, 2.05) is 18.2 Å². The summed E-state index contributed by atoms with van der Waals surface area (Å²) in [5.41, 5.74) is 1.10. The van der Waals surface area contributed by atoms with Gasteiger partial charge in [-0.2, -0.15) is 0 Å². The van der Waals surface area contributed by atoms with Crippen LogP contribution in [-0.2, 0) is 6.54 Å². The highest BCUT2D eigenvalue weighted by Gasteiger charge is 2.05. The molecule has 25 heavy (non-hydrogen) atoms. The fourth-order valence-electron chi connectivity index (χ4n) is 2.29. The van der Waals surface area contributed by atoms with Crippen LogP contribution in [0.5, 0.6) is 5.75 Å². The van der Waals surface area contributed by atoms with Crippen molar-refractivity contribution < 1.29 is 4.74 Å². The Morgan fingerprint density at radius 3 is 2.72 bits per heavy atom. The Balaban J connectivity index is 2.34. The van der Waals surface area contributed by atoms with Gasteiger partial charge in [0.25, 0.3) is 0 Å². The molecule has 5 nitrogen and oxygen atoms in total. The molecule has 5 heteroatoms. The monoisotopic (exact) mass is 346 g/mol. The molecule has 0 spiro atoms. The average molecular weight is 347 g/mol. The highest BCUT2D eigenvalue weighted by Crippen LogP contribution is 2.17. The van der Waals surface area contributed by atoms with Crippen molar-refractivity contribution in [3.05, 3.63) is 42.5 Å². The molecule has 1 aromatic rings. The third-order valence-electron chi connectivity index (χ3n) is 4.11. The van der Waals surface area contributed by atoms with Crippen molar-refractivity contribution in [1.82, 2.24) is 15.5 Å². The zero-order valence-corrected chi connectivity index (χ0v) is 16.2. The number of guanidine groups is 1. The first-order valence-corrected chi connectivity index (χ1v) is 9.04. The lowest BCUT2D eigenvalue weighted by Gasteiger charge is -2.20. The number of aliphatic imine (C=N–C) groups is 1. The average Bonchev–Trinajstić information content (AvgIpc) is 2.62. The summed E-state index contributed by atoms with van der Waals surface area (Å²) in [6.07, 6.45) is 4.05. The first kappa shape index (κ1) is 21.0. The van der Waals surface area contributed by atoms with Gasteiger partial charge in [0.1, 0.15) is 12.4 Å². The van der Waals surface area contributed by atoms with Gasteiger partial charge in [0, 0.05) is 31.7 Å². The summed E-state index contributed by atoms with van der Waals surface area (Å²) in [5, 5.41) is 6.71. The van der Waals surface area contributed by atoms with Crippen LogP contribution >= 0.6 is 0 Å². The van der Waals surface area contributed by atoms with E-state index in [0.29, 0.717) is 19.2 Å². The van der Waals surface area contributed by atoms with Gasteiger partial charge < -0.3 is 20.3 Å². The molecule has 0 atom stereocenters. The Morgan fingerprint density at radius 1 is 1.28 bits per heavy atom. The van der Waals surface area contributed by atoms with Gasteiger partial charge in [-0.05, 0) is 46.3 Å². The molecule has 0 amide bonds. The summed E-state index contributed by atoms with van der Waals surface area (Å²) in [6.45, 7) is 11.4. The Kier molecular flexibility index (Phi) is 10.4. The van der Waals surface area contributed by atoms with Crippen molar-refractivity contribution in [3.8, 4) is 5.75 Å². The molecule has 0 saturated heterocycles. The van der Waals surface area contributed by atoms with Gasteiger partial charge in [-0.25, -0.2) is 0 Å². The van der Waals surface area contributed by atoms with Crippen LogP contribution in [0.15, 0.2) is 41.9 Å². The number of hydrogen-bond donors (Lipinski definition) is 2. The number of rotatable bonds is 11. The summed E-state index contributed by atoms with van der Waals surface area (Å²) in [5.74, 6) is 1.69. The number of benzene rings is 1. The zero-order chi connectivity index (χ0) is 18.5. The molecule has 0 bridgehead atoms. The van der Waals surface area contributed by atoms with E-state index in [1.54, 1.807) is 13.1 Å². The standard InChI is InChI=1S/C20H34N4O/c1-6-15-25-19-12-8-7-11-18(19)16-23-20(21-4)22-13-9-10-14-24(5)17(2)3/h6-8,11-12,17H,1,9-10,13-16H2,2-5H3,(H2,21,22,23). The maximum atomic E-state index is 5.68. The van der Waals surface area contributed by atoms with E-state index in [9.17, 15) is 0 Å². The number of unbranched alkanes of at least 4 members (excludes halogenated alkanes) is 1. The molecule has 0 aliphatic rings. The van der Waals surface area contributed by atoms with Gasteiger partial charge in [0.2, 0.25) is 0 Å². The highest BCUT2D eigenvalue weighted by atomic mass is 16.5. The molecular weight excluding hydrogens is 312 g/mol. The molecule has 0 radical (unpaired) electrons. The molecular formula is C20H34N4O. The molecule has 0 unspecified atom stereocenters. The molecule has 0 aromatic heterocycles. The molecule has 1 rings (SSSR count). The molecule has 0 heterocycles. The lowest BCUT2D eigenvalue weighted by atomic mass is 10.2. The normalized spacial score (nSPS) is 11.7. The fourth-order valence-corrected chi connectivity index (χ4v) is 2.29. The van der Waals surface area contributed by atoms with E-state index in [2.05, 4.69) is 54.1 Å². The SMILES string of the molecule is C=CCOc1ccccc1CNC(=NC)NCCCCN(C)C(C)C. The van der Waals surface area contributed by atoms with Gasteiger partial charge >= 0.3 is 0 Å². The third-order valence-corrected chi connectivity index (χ3v) is 4.11. The summed E-state index contributed by atoms with van der Waals surface area (Å²) >= 11 is 0. The maximum absolute atomic E-state index is 5.68. The van der Waals surface area contributed by atoms with Crippen molar-refractivity contribution in [2.75, 3.05) is 33.8 Å². The second-order valence-corrected chi connectivity index (χ2v) is 6.34. The van der Waals surface area contributed by atoms with Crippen LogP contribution in [0.3, 0.4) is 0 Å². The van der Waals surface area contributed by atoms with Crippen molar-refractivity contribution in [1.29, 1.82) is 0 Å². The lowest BCUT2D eigenvalue weighted by Crippen LogP contribution is -2.37. The number of hydrogen-bond acceptors (Lipinski definition) is 3. The van der Waals surface area contributed by atoms with Gasteiger partial charge in [0.05, 0.1) is 0 Å². The molecule has 1 aromatic carbocycles. The predicted molar refractivity (Wildman–Crippen MR) is 107 cm³/mol. The fraction of sp³-hybridized carbons (Fsp3) is 0.550. The Labute approximate surface area is 153 Å². The highest BCUT2D eigenvalue weighted by molar-refractivity contribution is 5.79. The van der Waals surface area contributed by atoms with E-state index in [0.717, 1.165) is 36.8 Å². The van der Waals surface area contributed by atoms with Crippen LogP contribution in [0.2, 0.25) is 0 Å². The molecule has 2 N–H and O–H groups in total. The van der Waals surface area contributed by atoms with Gasteiger partial charge in [-0.3, -0.25) is 4.99 Å². The second kappa shape index (κ2) is 12.4. The minimum atomic E-state index is 0.509. The number of para-hydroxylation sites is 1. The summed E-state index contributed by atoms with van der Waals surface area (Å²) in [4.78, 5) is 6.65. The molecule has 0 fully saturated rings. The van der Waals surface area contributed by atoms with Gasteiger partial charge in [0.15, 0.2) is 5.96 Å². The van der Waals surface area contributed by atoms with Crippen LogP contribution < -0.4 is 15.4 Å². The number of nitrogens with one attached hydrogen (secondary N) is 2. The van der Waals surface area contributed by atoms with Crippen LogP contribution in [0.4, 0.5) is 0 Å². The maximum Gasteiger partial charge on any atom is 0.191 e. The van der Waals surface area contributed by atoms with Crippen LogP contribution in [-0.4, -0.2) is 50.7 Å². The Hall–Kier alpha value is -2.01. The van der Waals surface area contributed by atoms with Crippen LogP contribution in [0.25, 0.3) is 0 Å². The first-order chi connectivity index (χ1) is 12.1. The molecule has 0 aliphatic carbocycles.